The number of carbonyl (C=O) groups excluding carboxylic acids is 1. The van der Waals surface area contributed by atoms with Crippen LogP contribution in [-0.2, 0) is 9.05 Å². The van der Waals surface area contributed by atoms with Crippen LogP contribution in [0.25, 0.3) is 0 Å². The van der Waals surface area contributed by atoms with Crippen molar-refractivity contribution < 1.29 is 17.6 Å². The van der Waals surface area contributed by atoms with Gasteiger partial charge in [-0.3, -0.25) is 4.79 Å². The first-order valence-corrected chi connectivity index (χ1v) is 7.26. The summed E-state index contributed by atoms with van der Waals surface area (Å²) in [6.45, 7) is 3.33. The number of amides is 1. The van der Waals surface area contributed by atoms with E-state index in [2.05, 4.69) is 11.9 Å². The Morgan fingerprint density at radius 1 is 1.44 bits per heavy atom. The molecule has 0 aliphatic carbocycles. The maximum atomic E-state index is 13.5. The van der Waals surface area contributed by atoms with E-state index in [0.717, 1.165) is 12.1 Å². The highest BCUT2D eigenvalue weighted by Crippen LogP contribution is 2.18. The SMILES string of the molecule is C=C(Cl)CNC(=O)c1ccc(S(=O)(=O)Cl)cc1F. The lowest BCUT2D eigenvalue weighted by atomic mass is 10.2. The number of hydrogen-bond donors (Lipinski definition) is 1. The molecule has 0 atom stereocenters. The highest BCUT2D eigenvalue weighted by atomic mass is 35.7. The van der Waals surface area contributed by atoms with E-state index in [0.29, 0.717) is 6.07 Å². The Balaban J connectivity index is 2.99. The lowest BCUT2D eigenvalue weighted by molar-refractivity contribution is 0.0953. The highest BCUT2D eigenvalue weighted by Gasteiger charge is 2.16. The molecular formula is C10H8Cl2FNO3S. The maximum Gasteiger partial charge on any atom is 0.261 e. The van der Waals surface area contributed by atoms with Gasteiger partial charge in [0.2, 0.25) is 0 Å². The standard InChI is InChI=1S/C10H8Cl2FNO3S/c1-6(11)5-14-10(15)8-3-2-7(4-9(8)13)18(12,16)17/h2-4H,1,5H2,(H,14,15). The van der Waals surface area contributed by atoms with E-state index < -0.39 is 25.7 Å². The zero-order chi connectivity index (χ0) is 13.9. The molecule has 0 radical (unpaired) electrons. The zero-order valence-corrected chi connectivity index (χ0v) is 11.2. The minimum atomic E-state index is -4.03. The molecule has 1 amide bonds. The summed E-state index contributed by atoms with van der Waals surface area (Å²) in [5.74, 6) is -1.72. The number of nitrogens with one attached hydrogen (secondary N) is 1. The van der Waals surface area contributed by atoms with Crippen molar-refractivity contribution >= 4 is 37.2 Å². The average molecular weight is 312 g/mol. The largest absolute Gasteiger partial charge is 0.347 e. The molecular weight excluding hydrogens is 304 g/mol. The molecule has 0 aromatic heterocycles. The topological polar surface area (TPSA) is 63.2 Å². The van der Waals surface area contributed by atoms with Gasteiger partial charge in [-0.2, -0.15) is 0 Å². The molecule has 1 N–H and O–H groups in total. The summed E-state index contributed by atoms with van der Waals surface area (Å²) in [6, 6.07) is 2.74. The molecule has 1 rings (SSSR count). The second kappa shape index (κ2) is 5.69. The Labute approximate surface area is 113 Å². The van der Waals surface area contributed by atoms with Gasteiger partial charge in [0, 0.05) is 15.7 Å². The van der Waals surface area contributed by atoms with Crippen LogP contribution in [0.3, 0.4) is 0 Å². The maximum absolute atomic E-state index is 13.5. The van der Waals surface area contributed by atoms with Gasteiger partial charge in [0.05, 0.1) is 17.0 Å². The smallest absolute Gasteiger partial charge is 0.261 e. The first-order chi connectivity index (χ1) is 8.21. The van der Waals surface area contributed by atoms with Crippen molar-refractivity contribution in [3.05, 3.63) is 41.2 Å². The van der Waals surface area contributed by atoms with E-state index in [4.69, 9.17) is 22.3 Å². The molecule has 0 fully saturated rings. The van der Waals surface area contributed by atoms with Crippen LogP contribution in [0.1, 0.15) is 10.4 Å². The molecule has 0 heterocycles. The van der Waals surface area contributed by atoms with E-state index in [1.165, 1.54) is 0 Å². The van der Waals surface area contributed by atoms with Crippen LogP contribution >= 0.6 is 22.3 Å². The van der Waals surface area contributed by atoms with Gasteiger partial charge in [-0.15, -0.1) is 0 Å². The van der Waals surface area contributed by atoms with Crippen LogP contribution in [0.2, 0.25) is 0 Å². The molecule has 0 spiro atoms. The first-order valence-electron chi connectivity index (χ1n) is 4.57. The van der Waals surface area contributed by atoms with Crippen LogP contribution in [0.4, 0.5) is 4.39 Å². The summed E-state index contributed by atoms with van der Waals surface area (Å²) >= 11 is 5.43. The summed E-state index contributed by atoms with van der Waals surface area (Å²) in [7, 11) is 1.01. The van der Waals surface area contributed by atoms with Crippen LogP contribution < -0.4 is 5.32 Å². The molecule has 8 heteroatoms. The molecule has 4 nitrogen and oxygen atoms in total. The summed E-state index contributed by atoms with van der Waals surface area (Å²) in [4.78, 5) is 11.1. The van der Waals surface area contributed by atoms with E-state index in [-0.39, 0.29) is 17.1 Å². The number of halogens is 3. The Morgan fingerprint density at radius 2 is 2.06 bits per heavy atom. The fourth-order valence-corrected chi connectivity index (χ4v) is 1.93. The molecule has 98 valence electrons. The summed E-state index contributed by atoms with van der Waals surface area (Å²) in [6.07, 6.45) is 0. The lowest BCUT2D eigenvalue weighted by Crippen LogP contribution is -2.25. The number of hydrogen-bond acceptors (Lipinski definition) is 3. The molecule has 1 aromatic rings. The van der Waals surface area contributed by atoms with Crippen molar-refractivity contribution in [2.75, 3.05) is 6.54 Å². The average Bonchev–Trinajstić information content (AvgIpc) is 2.24. The van der Waals surface area contributed by atoms with Crippen molar-refractivity contribution in [1.29, 1.82) is 0 Å². The van der Waals surface area contributed by atoms with Gasteiger partial charge < -0.3 is 5.32 Å². The summed E-state index contributed by atoms with van der Waals surface area (Å²) in [5, 5.41) is 2.49. The predicted molar refractivity (Wildman–Crippen MR) is 66.8 cm³/mol. The quantitative estimate of drug-likeness (QED) is 0.867. The molecule has 0 saturated carbocycles. The van der Waals surface area contributed by atoms with Gasteiger partial charge in [0.25, 0.3) is 15.0 Å². The van der Waals surface area contributed by atoms with Crippen LogP contribution in [0.5, 0.6) is 0 Å². The molecule has 0 saturated heterocycles. The molecule has 18 heavy (non-hydrogen) atoms. The normalized spacial score (nSPS) is 11.1. The highest BCUT2D eigenvalue weighted by molar-refractivity contribution is 8.13. The Hall–Kier alpha value is -1.11. The van der Waals surface area contributed by atoms with Gasteiger partial charge in [-0.05, 0) is 18.2 Å². The van der Waals surface area contributed by atoms with Gasteiger partial charge in [-0.1, -0.05) is 18.2 Å². The van der Waals surface area contributed by atoms with Crippen molar-refractivity contribution in [1.82, 2.24) is 5.32 Å². The van der Waals surface area contributed by atoms with Crippen LogP contribution in [0.15, 0.2) is 34.7 Å². The number of rotatable bonds is 4. The molecule has 0 aliphatic heterocycles. The van der Waals surface area contributed by atoms with Crippen molar-refractivity contribution in [3.8, 4) is 0 Å². The lowest BCUT2D eigenvalue weighted by Gasteiger charge is -2.05. The monoisotopic (exact) mass is 311 g/mol. The Kier molecular flexibility index (Phi) is 4.72. The third-order valence-corrected chi connectivity index (χ3v) is 3.39. The van der Waals surface area contributed by atoms with Crippen LogP contribution in [0, 0.1) is 5.82 Å². The third kappa shape index (κ3) is 3.97. The fourth-order valence-electron chi connectivity index (χ4n) is 1.10. The van der Waals surface area contributed by atoms with E-state index >= 15 is 0 Å². The van der Waals surface area contributed by atoms with E-state index in [1.807, 2.05) is 0 Å². The molecule has 0 unspecified atom stereocenters. The molecule has 0 aliphatic rings. The number of carbonyl (C=O) groups is 1. The molecule has 0 bridgehead atoms. The summed E-state index contributed by atoms with van der Waals surface area (Å²) < 4.78 is 35.4. The van der Waals surface area contributed by atoms with E-state index in [9.17, 15) is 17.6 Å². The van der Waals surface area contributed by atoms with Gasteiger partial charge in [-0.25, -0.2) is 12.8 Å². The van der Waals surface area contributed by atoms with Gasteiger partial charge in [0.1, 0.15) is 5.82 Å². The second-order valence-corrected chi connectivity index (χ2v) is 6.38. The Bertz CT molecular complexity index is 601. The fraction of sp³-hybridized carbons (Fsp3) is 0.100. The van der Waals surface area contributed by atoms with E-state index in [1.54, 1.807) is 0 Å². The third-order valence-electron chi connectivity index (χ3n) is 1.91. The van der Waals surface area contributed by atoms with Gasteiger partial charge >= 0.3 is 0 Å². The minimum Gasteiger partial charge on any atom is -0.347 e. The van der Waals surface area contributed by atoms with Gasteiger partial charge in [0.15, 0.2) is 0 Å². The van der Waals surface area contributed by atoms with Crippen molar-refractivity contribution in [2.45, 2.75) is 4.90 Å². The zero-order valence-electron chi connectivity index (χ0n) is 8.91. The Morgan fingerprint density at radius 3 is 2.50 bits per heavy atom. The van der Waals surface area contributed by atoms with Crippen LogP contribution in [-0.4, -0.2) is 20.9 Å². The summed E-state index contributed by atoms with van der Waals surface area (Å²) in [5.41, 5.74) is -0.308. The predicted octanol–water partition coefficient (Wildman–Crippen LogP) is 2.24. The number of benzene rings is 1. The van der Waals surface area contributed by atoms with Crippen molar-refractivity contribution in [2.24, 2.45) is 0 Å². The minimum absolute atomic E-state index is 0.0185. The second-order valence-electron chi connectivity index (χ2n) is 3.28. The van der Waals surface area contributed by atoms with Crippen molar-refractivity contribution in [3.63, 3.8) is 0 Å². The first kappa shape index (κ1) is 14.9. The molecule has 1 aromatic carbocycles.